The number of unbranched alkanes of at least 4 members (excludes halogenated alkanes) is 7. The smallest absolute Gasteiger partial charge is 0.157 e. The first-order valence-electron chi connectivity index (χ1n) is 10.2. The molecule has 0 aliphatic heterocycles. The van der Waals surface area contributed by atoms with Crippen LogP contribution < -0.4 is 0 Å². The van der Waals surface area contributed by atoms with Crippen LogP contribution in [0.5, 0.6) is 0 Å². The molecule has 0 spiro atoms. The van der Waals surface area contributed by atoms with Gasteiger partial charge < -0.3 is 18.9 Å². The van der Waals surface area contributed by atoms with E-state index < -0.39 is 0 Å². The molecule has 0 saturated heterocycles. The Balaban J connectivity index is 3.38. The van der Waals surface area contributed by atoms with Gasteiger partial charge in [-0.25, -0.2) is 0 Å². The monoisotopic (exact) mass is 346 g/mol. The van der Waals surface area contributed by atoms with Gasteiger partial charge >= 0.3 is 0 Å². The van der Waals surface area contributed by atoms with E-state index in [-0.39, 0.29) is 12.6 Å². The molecular weight excluding hydrogens is 304 g/mol. The maximum Gasteiger partial charge on any atom is 0.157 e. The lowest BCUT2D eigenvalue weighted by Crippen LogP contribution is -2.17. The van der Waals surface area contributed by atoms with Crippen molar-refractivity contribution in [2.45, 2.75) is 104 Å². The van der Waals surface area contributed by atoms with Crippen molar-refractivity contribution in [3.63, 3.8) is 0 Å². The first-order valence-corrected chi connectivity index (χ1v) is 10.2. The minimum atomic E-state index is 0.00336. The quantitative estimate of drug-likeness (QED) is 0.222. The average Bonchev–Trinajstić information content (AvgIpc) is 2.57. The molecule has 0 N–H and O–H groups in total. The number of ether oxygens (including phenoxy) is 4. The molecule has 4 nitrogen and oxygen atoms in total. The second-order valence-corrected chi connectivity index (χ2v) is 6.09. The summed E-state index contributed by atoms with van der Waals surface area (Å²) in [5.74, 6) is 0. The molecule has 0 unspecified atom stereocenters. The van der Waals surface area contributed by atoms with E-state index in [4.69, 9.17) is 18.9 Å². The average molecular weight is 347 g/mol. The van der Waals surface area contributed by atoms with E-state index in [1.165, 1.54) is 51.4 Å². The fourth-order valence-corrected chi connectivity index (χ4v) is 2.86. The Morgan fingerprint density at radius 2 is 0.667 bits per heavy atom. The van der Waals surface area contributed by atoms with Gasteiger partial charge in [-0.3, -0.25) is 0 Å². The van der Waals surface area contributed by atoms with Crippen LogP contribution >= 0.6 is 0 Å². The summed E-state index contributed by atoms with van der Waals surface area (Å²) < 4.78 is 22.3. The van der Waals surface area contributed by atoms with Crippen molar-refractivity contribution in [1.82, 2.24) is 0 Å². The lowest BCUT2D eigenvalue weighted by atomic mass is 10.1. The van der Waals surface area contributed by atoms with Crippen LogP contribution in [0.25, 0.3) is 0 Å². The second-order valence-electron chi connectivity index (χ2n) is 6.09. The molecule has 0 aliphatic rings. The molecule has 0 rings (SSSR count). The van der Waals surface area contributed by atoms with Crippen molar-refractivity contribution in [3.8, 4) is 0 Å². The van der Waals surface area contributed by atoms with Crippen molar-refractivity contribution in [1.29, 1.82) is 0 Å². The van der Waals surface area contributed by atoms with Crippen LogP contribution in [0.3, 0.4) is 0 Å². The van der Waals surface area contributed by atoms with Gasteiger partial charge in [0.1, 0.15) is 0 Å². The predicted molar refractivity (Wildman–Crippen MR) is 100 cm³/mol. The minimum absolute atomic E-state index is 0.00336. The zero-order valence-electron chi connectivity index (χ0n) is 16.7. The molecule has 24 heavy (non-hydrogen) atoms. The van der Waals surface area contributed by atoms with Crippen LogP contribution in [0.2, 0.25) is 0 Å². The second kappa shape index (κ2) is 19.2. The first-order chi connectivity index (χ1) is 11.8. The Bertz CT molecular complexity index is 200. The van der Waals surface area contributed by atoms with Crippen molar-refractivity contribution in [3.05, 3.63) is 0 Å². The van der Waals surface area contributed by atoms with E-state index in [9.17, 15) is 0 Å². The van der Waals surface area contributed by atoms with Gasteiger partial charge in [-0.2, -0.15) is 0 Å². The standard InChI is InChI=1S/C20H42O4/c1-5-21-19(22-6-2)17-15-13-11-9-10-12-14-16-18-20(23-7-3)24-8-4/h19-20H,5-18H2,1-4H3. The van der Waals surface area contributed by atoms with Gasteiger partial charge in [-0.1, -0.05) is 38.5 Å². The highest BCUT2D eigenvalue weighted by Crippen LogP contribution is 2.14. The Hall–Kier alpha value is -0.160. The van der Waals surface area contributed by atoms with E-state index in [0.717, 1.165) is 39.3 Å². The molecule has 0 aromatic heterocycles. The maximum absolute atomic E-state index is 5.57. The molecule has 0 amide bonds. The Kier molecular flexibility index (Phi) is 19.0. The topological polar surface area (TPSA) is 36.9 Å². The fraction of sp³-hybridized carbons (Fsp3) is 1.00. The zero-order chi connectivity index (χ0) is 17.9. The van der Waals surface area contributed by atoms with Gasteiger partial charge in [-0.15, -0.1) is 0 Å². The molecule has 146 valence electrons. The third kappa shape index (κ3) is 15.4. The summed E-state index contributed by atoms with van der Waals surface area (Å²) in [6, 6.07) is 0. The van der Waals surface area contributed by atoms with Crippen LogP contribution in [0, 0.1) is 0 Å². The number of hydrogen-bond acceptors (Lipinski definition) is 4. The van der Waals surface area contributed by atoms with Gasteiger partial charge in [0.2, 0.25) is 0 Å². The molecule has 0 aromatic rings. The van der Waals surface area contributed by atoms with Crippen molar-refractivity contribution >= 4 is 0 Å². The van der Waals surface area contributed by atoms with Gasteiger partial charge in [0.25, 0.3) is 0 Å². The highest BCUT2D eigenvalue weighted by Gasteiger charge is 2.07. The largest absolute Gasteiger partial charge is 0.353 e. The summed E-state index contributed by atoms with van der Waals surface area (Å²) in [7, 11) is 0. The molecule has 0 aliphatic carbocycles. The Morgan fingerprint density at radius 3 is 0.917 bits per heavy atom. The highest BCUT2D eigenvalue weighted by atomic mass is 16.7. The van der Waals surface area contributed by atoms with E-state index in [0.29, 0.717) is 0 Å². The fourth-order valence-electron chi connectivity index (χ4n) is 2.86. The van der Waals surface area contributed by atoms with Gasteiger partial charge in [0.15, 0.2) is 12.6 Å². The van der Waals surface area contributed by atoms with Gasteiger partial charge in [0, 0.05) is 26.4 Å². The number of hydrogen-bond donors (Lipinski definition) is 0. The van der Waals surface area contributed by atoms with E-state index in [1.54, 1.807) is 0 Å². The van der Waals surface area contributed by atoms with Crippen LogP contribution in [0.15, 0.2) is 0 Å². The van der Waals surface area contributed by atoms with Gasteiger partial charge in [-0.05, 0) is 53.4 Å². The predicted octanol–water partition coefficient (Wildman–Crippen LogP) is 5.69. The molecule has 0 bridgehead atoms. The summed E-state index contributed by atoms with van der Waals surface area (Å²) >= 11 is 0. The van der Waals surface area contributed by atoms with Crippen molar-refractivity contribution < 1.29 is 18.9 Å². The lowest BCUT2D eigenvalue weighted by molar-refractivity contribution is -0.140. The molecule has 0 aromatic carbocycles. The SMILES string of the molecule is CCOC(CCCCCCCCCCC(OCC)OCC)OCC. The van der Waals surface area contributed by atoms with Crippen LogP contribution in [-0.4, -0.2) is 39.0 Å². The summed E-state index contributed by atoms with van der Waals surface area (Å²) in [5.41, 5.74) is 0. The van der Waals surface area contributed by atoms with Crippen LogP contribution in [0.1, 0.15) is 91.9 Å². The summed E-state index contributed by atoms with van der Waals surface area (Å²) in [4.78, 5) is 0. The maximum atomic E-state index is 5.57. The molecule has 0 saturated carbocycles. The molecule has 0 radical (unpaired) electrons. The van der Waals surface area contributed by atoms with Gasteiger partial charge in [0.05, 0.1) is 0 Å². The third-order valence-corrected chi connectivity index (χ3v) is 4.04. The molecule has 0 atom stereocenters. The summed E-state index contributed by atoms with van der Waals surface area (Å²) in [6.07, 6.45) is 12.4. The normalized spacial score (nSPS) is 11.8. The molecule has 0 fully saturated rings. The van der Waals surface area contributed by atoms with Crippen LogP contribution in [0.4, 0.5) is 0 Å². The van der Waals surface area contributed by atoms with E-state index >= 15 is 0 Å². The lowest BCUT2D eigenvalue weighted by Gasteiger charge is -2.16. The van der Waals surface area contributed by atoms with Crippen LogP contribution in [-0.2, 0) is 18.9 Å². The molecule has 0 heterocycles. The number of rotatable bonds is 19. The minimum Gasteiger partial charge on any atom is -0.353 e. The summed E-state index contributed by atoms with van der Waals surface area (Å²) in [5, 5.41) is 0. The van der Waals surface area contributed by atoms with E-state index in [2.05, 4.69) is 0 Å². The van der Waals surface area contributed by atoms with Crippen molar-refractivity contribution in [2.75, 3.05) is 26.4 Å². The molecular formula is C20H42O4. The molecule has 4 heteroatoms. The first kappa shape index (κ1) is 23.8. The Labute approximate surface area is 150 Å². The van der Waals surface area contributed by atoms with Crippen molar-refractivity contribution in [2.24, 2.45) is 0 Å². The summed E-state index contributed by atoms with van der Waals surface area (Å²) in [6.45, 7) is 11.0. The zero-order valence-corrected chi connectivity index (χ0v) is 16.7. The highest BCUT2D eigenvalue weighted by molar-refractivity contribution is 4.52. The Morgan fingerprint density at radius 1 is 0.417 bits per heavy atom. The van der Waals surface area contributed by atoms with E-state index in [1.807, 2.05) is 27.7 Å². The third-order valence-electron chi connectivity index (χ3n) is 4.04.